The first-order valence-electron chi connectivity index (χ1n) is 8.76. The Kier molecular flexibility index (Phi) is 6.88. The maximum atomic E-state index is 12.2. The number of carbonyl (C=O) groups excluding carboxylic acids is 1. The van der Waals surface area contributed by atoms with Gasteiger partial charge in [-0.15, -0.1) is 0 Å². The highest BCUT2D eigenvalue weighted by Gasteiger charge is 2.05. The van der Waals surface area contributed by atoms with E-state index in [1.807, 2.05) is 66.7 Å². The van der Waals surface area contributed by atoms with E-state index in [4.69, 9.17) is 4.74 Å². The first-order valence-corrected chi connectivity index (χ1v) is 9.55. The molecule has 0 saturated heterocycles. The van der Waals surface area contributed by atoms with Gasteiger partial charge in [0.1, 0.15) is 5.75 Å². The average Bonchev–Trinajstić information content (AvgIpc) is 2.68. The Morgan fingerprint density at radius 2 is 1.70 bits per heavy atom. The largest absolute Gasteiger partial charge is 0.493 e. The standard InChI is InChI=1S/C22H21BrN2O2/c23-20-11-4-5-12-21(20)24-16-22(26)25-18-9-6-10-19(15-18)27-14-13-17-7-2-1-3-8-17/h1-12,15,24H,13-14,16H2,(H,25,26). The summed E-state index contributed by atoms with van der Waals surface area (Å²) in [5.74, 6) is 0.620. The van der Waals surface area contributed by atoms with Crippen LogP contribution in [0.2, 0.25) is 0 Å². The van der Waals surface area contributed by atoms with Gasteiger partial charge < -0.3 is 15.4 Å². The number of hydrogen-bond acceptors (Lipinski definition) is 3. The summed E-state index contributed by atoms with van der Waals surface area (Å²) in [4.78, 5) is 12.2. The summed E-state index contributed by atoms with van der Waals surface area (Å²) in [5, 5.41) is 5.99. The second kappa shape index (κ2) is 9.78. The lowest BCUT2D eigenvalue weighted by atomic mass is 10.2. The van der Waals surface area contributed by atoms with Gasteiger partial charge in [-0.25, -0.2) is 0 Å². The molecule has 0 unspecified atom stereocenters. The number of para-hydroxylation sites is 1. The SMILES string of the molecule is O=C(CNc1ccccc1Br)Nc1cccc(OCCc2ccccc2)c1. The molecule has 4 nitrogen and oxygen atoms in total. The topological polar surface area (TPSA) is 50.4 Å². The highest BCUT2D eigenvalue weighted by atomic mass is 79.9. The minimum atomic E-state index is -0.118. The minimum absolute atomic E-state index is 0.118. The van der Waals surface area contributed by atoms with Crippen LogP contribution in [0.15, 0.2) is 83.3 Å². The van der Waals surface area contributed by atoms with Crippen molar-refractivity contribution >= 4 is 33.2 Å². The Hall–Kier alpha value is -2.79. The molecule has 3 aromatic rings. The molecule has 0 bridgehead atoms. The van der Waals surface area contributed by atoms with Gasteiger partial charge in [0.25, 0.3) is 0 Å². The number of nitrogens with one attached hydrogen (secondary N) is 2. The van der Waals surface area contributed by atoms with E-state index in [0.717, 1.165) is 22.3 Å². The zero-order valence-corrected chi connectivity index (χ0v) is 16.4. The van der Waals surface area contributed by atoms with E-state index in [0.29, 0.717) is 12.3 Å². The van der Waals surface area contributed by atoms with Crippen LogP contribution in [-0.4, -0.2) is 19.1 Å². The summed E-state index contributed by atoms with van der Waals surface area (Å²) in [6, 6.07) is 25.3. The fraction of sp³-hybridized carbons (Fsp3) is 0.136. The van der Waals surface area contributed by atoms with Crippen LogP contribution >= 0.6 is 15.9 Å². The zero-order valence-electron chi connectivity index (χ0n) is 14.8. The first kappa shape index (κ1) is 19.0. The Morgan fingerprint density at radius 1 is 0.926 bits per heavy atom. The highest BCUT2D eigenvalue weighted by molar-refractivity contribution is 9.10. The van der Waals surface area contributed by atoms with Crippen LogP contribution in [0.5, 0.6) is 5.75 Å². The number of amides is 1. The molecule has 0 atom stereocenters. The monoisotopic (exact) mass is 424 g/mol. The van der Waals surface area contributed by atoms with Crippen molar-refractivity contribution in [3.8, 4) is 5.75 Å². The molecular formula is C22H21BrN2O2. The Balaban J connectivity index is 1.48. The van der Waals surface area contributed by atoms with Crippen molar-refractivity contribution < 1.29 is 9.53 Å². The third-order valence-corrected chi connectivity index (χ3v) is 4.62. The summed E-state index contributed by atoms with van der Waals surface area (Å²) < 4.78 is 6.73. The van der Waals surface area contributed by atoms with Gasteiger partial charge in [0, 0.05) is 28.3 Å². The van der Waals surface area contributed by atoms with Gasteiger partial charge in [-0.1, -0.05) is 48.5 Å². The molecule has 5 heteroatoms. The molecule has 0 aromatic heterocycles. The van der Waals surface area contributed by atoms with Crippen molar-refractivity contribution in [2.45, 2.75) is 6.42 Å². The fourth-order valence-electron chi connectivity index (χ4n) is 2.58. The summed E-state index contributed by atoms with van der Waals surface area (Å²) in [6.07, 6.45) is 0.841. The van der Waals surface area contributed by atoms with E-state index in [1.54, 1.807) is 0 Å². The minimum Gasteiger partial charge on any atom is -0.493 e. The number of carbonyl (C=O) groups is 1. The van der Waals surface area contributed by atoms with Crippen molar-refractivity contribution in [2.75, 3.05) is 23.8 Å². The smallest absolute Gasteiger partial charge is 0.243 e. The lowest BCUT2D eigenvalue weighted by Gasteiger charge is -2.11. The summed E-state index contributed by atoms with van der Waals surface area (Å²) >= 11 is 3.45. The van der Waals surface area contributed by atoms with E-state index < -0.39 is 0 Å². The summed E-state index contributed by atoms with van der Waals surface area (Å²) in [5.41, 5.74) is 2.83. The number of hydrogen-bond donors (Lipinski definition) is 2. The lowest BCUT2D eigenvalue weighted by molar-refractivity contribution is -0.114. The highest BCUT2D eigenvalue weighted by Crippen LogP contribution is 2.21. The van der Waals surface area contributed by atoms with Crippen molar-refractivity contribution in [3.05, 3.63) is 88.9 Å². The maximum absolute atomic E-state index is 12.2. The number of anilines is 2. The van der Waals surface area contributed by atoms with Gasteiger partial charge in [0.15, 0.2) is 0 Å². The number of ether oxygens (including phenoxy) is 1. The predicted molar refractivity (Wildman–Crippen MR) is 113 cm³/mol. The first-order chi connectivity index (χ1) is 13.2. The maximum Gasteiger partial charge on any atom is 0.243 e. The normalized spacial score (nSPS) is 10.3. The Bertz CT molecular complexity index is 884. The van der Waals surface area contributed by atoms with Gasteiger partial charge in [-0.3, -0.25) is 4.79 Å². The molecule has 0 fully saturated rings. The van der Waals surface area contributed by atoms with Crippen LogP contribution in [0.4, 0.5) is 11.4 Å². The van der Waals surface area contributed by atoms with Crippen LogP contribution < -0.4 is 15.4 Å². The molecule has 1 amide bonds. The van der Waals surface area contributed by atoms with Crippen molar-refractivity contribution in [1.29, 1.82) is 0 Å². The van der Waals surface area contributed by atoms with Crippen LogP contribution in [0, 0.1) is 0 Å². The Labute approximate surface area is 167 Å². The van der Waals surface area contributed by atoms with Crippen LogP contribution in [0.25, 0.3) is 0 Å². The van der Waals surface area contributed by atoms with Crippen molar-refractivity contribution in [1.82, 2.24) is 0 Å². The summed E-state index contributed by atoms with van der Waals surface area (Å²) in [6.45, 7) is 0.771. The van der Waals surface area contributed by atoms with Gasteiger partial charge >= 0.3 is 0 Å². The van der Waals surface area contributed by atoms with E-state index in [2.05, 4.69) is 38.7 Å². The average molecular weight is 425 g/mol. The molecule has 0 spiro atoms. The summed E-state index contributed by atoms with van der Waals surface area (Å²) in [7, 11) is 0. The van der Waals surface area contributed by atoms with Crippen LogP contribution in [-0.2, 0) is 11.2 Å². The molecule has 27 heavy (non-hydrogen) atoms. The molecule has 0 aliphatic heterocycles. The number of halogens is 1. The van der Waals surface area contributed by atoms with E-state index in [1.165, 1.54) is 5.56 Å². The molecule has 138 valence electrons. The van der Waals surface area contributed by atoms with Crippen LogP contribution in [0.1, 0.15) is 5.56 Å². The van der Waals surface area contributed by atoms with Gasteiger partial charge in [0.2, 0.25) is 5.91 Å². The van der Waals surface area contributed by atoms with Gasteiger partial charge in [-0.05, 0) is 45.8 Å². The molecule has 2 N–H and O–H groups in total. The predicted octanol–water partition coefficient (Wildman–Crippen LogP) is 5.12. The quantitative estimate of drug-likeness (QED) is 0.527. The molecule has 0 aliphatic rings. The molecule has 0 saturated carbocycles. The van der Waals surface area contributed by atoms with E-state index in [-0.39, 0.29) is 12.5 Å². The molecule has 0 heterocycles. The van der Waals surface area contributed by atoms with E-state index >= 15 is 0 Å². The second-order valence-electron chi connectivity index (χ2n) is 5.99. The third kappa shape index (κ3) is 6.15. The molecule has 3 aromatic carbocycles. The molecule has 3 rings (SSSR count). The number of rotatable bonds is 8. The lowest BCUT2D eigenvalue weighted by Crippen LogP contribution is -2.21. The zero-order chi connectivity index (χ0) is 18.9. The molecular weight excluding hydrogens is 404 g/mol. The molecule has 0 radical (unpaired) electrons. The molecule has 0 aliphatic carbocycles. The fourth-order valence-corrected chi connectivity index (χ4v) is 3.01. The van der Waals surface area contributed by atoms with Crippen molar-refractivity contribution in [2.24, 2.45) is 0 Å². The Morgan fingerprint density at radius 3 is 2.52 bits per heavy atom. The van der Waals surface area contributed by atoms with E-state index in [9.17, 15) is 4.79 Å². The van der Waals surface area contributed by atoms with Gasteiger partial charge in [0.05, 0.1) is 13.2 Å². The van der Waals surface area contributed by atoms with Crippen molar-refractivity contribution in [3.63, 3.8) is 0 Å². The van der Waals surface area contributed by atoms with Gasteiger partial charge in [-0.2, -0.15) is 0 Å². The second-order valence-corrected chi connectivity index (χ2v) is 6.85. The van der Waals surface area contributed by atoms with Crippen LogP contribution in [0.3, 0.4) is 0 Å². The number of benzene rings is 3. The third-order valence-electron chi connectivity index (χ3n) is 3.93.